The van der Waals surface area contributed by atoms with Crippen molar-refractivity contribution in [1.82, 2.24) is 5.32 Å². The standard InChI is InChI=1S/C19H18ClN3O2S/c1-12(14-5-7-15(20)8-6-14)22-23-19-21-18(24)17(26-19)11-13-3-9-16(25-2)10-4-13/h3-10,17H,11H2,1-2H3,(H,21,23,24)/b22-12+/t17-/m1/s1. The van der Waals surface area contributed by atoms with Gasteiger partial charge in [0.15, 0.2) is 5.17 Å². The number of amides is 1. The first-order valence-corrected chi connectivity index (χ1v) is 9.29. The minimum atomic E-state index is -0.215. The van der Waals surface area contributed by atoms with Gasteiger partial charge in [-0.15, -0.1) is 5.10 Å². The molecule has 1 amide bonds. The molecular weight excluding hydrogens is 370 g/mol. The Balaban J connectivity index is 1.65. The van der Waals surface area contributed by atoms with Crippen LogP contribution in [0.4, 0.5) is 0 Å². The van der Waals surface area contributed by atoms with E-state index in [4.69, 9.17) is 16.3 Å². The number of carbonyl (C=O) groups is 1. The highest BCUT2D eigenvalue weighted by Crippen LogP contribution is 2.24. The quantitative estimate of drug-likeness (QED) is 0.625. The zero-order valence-corrected chi connectivity index (χ0v) is 16.0. The first-order valence-electron chi connectivity index (χ1n) is 8.04. The molecule has 1 saturated heterocycles. The topological polar surface area (TPSA) is 63.1 Å². The van der Waals surface area contributed by atoms with Crippen molar-refractivity contribution in [2.75, 3.05) is 7.11 Å². The van der Waals surface area contributed by atoms with Crippen molar-refractivity contribution in [2.24, 2.45) is 10.2 Å². The Hall–Kier alpha value is -2.31. The molecule has 1 N–H and O–H groups in total. The van der Waals surface area contributed by atoms with E-state index in [9.17, 15) is 4.79 Å². The van der Waals surface area contributed by atoms with Crippen molar-refractivity contribution < 1.29 is 9.53 Å². The maximum atomic E-state index is 12.2. The summed E-state index contributed by atoms with van der Waals surface area (Å²) in [7, 11) is 1.63. The molecule has 2 aromatic rings. The summed E-state index contributed by atoms with van der Waals surface area (Å²) in [6.07, 6.45) is 0.624. The Kier molecular flexibility index (Phi) is 5.96. The summed E-state index contributed by atoms with van der Waals surface area (Å²) < 4.78 is 5.15. The van der Waals surface area contributed by atoms with E-state index in [1.54, 1.807) is 19.2 Å². The van der Waals surface area contributed by atoms with Crippen LogP contribution in [-0.2, 0) is 11.2 Å². The number of ether oxygens (including phenoxy) is 1. The summed E-state index contributed by atoms with van der Waals surface area (Å²) in [4.78, 5) is 12.2. The highest BCUT2D eigenvalue weighted by Gasteiger charge is 2.30. The number of rotatable bonds is 5. The van der Waals surface area contributed by atoms with Crippen LogP contribution in [0.5, 0.6) is 5.75 Å². The van der Waals surface area contributed by atoms with Crippen molar-refractivity contribution in [3.05, 3.63) is 64.7 Å². The van der Waals surface area contributed by atoms with Crippen molar-refractivity contribution in [1.29, 1.82) is 0 Å². The molecule has 0 unspecified atom stereocenters. The first-order chi connectivity index (χ1) is 12.5. The molecule has 0 aromatic heterocycles. The number of hydrogen-bond donors (Lipinski definition) is 1. The fourth-order valence-corrected chi connectivity index (χ4v) is 3.52. The van der Waals surface area contributed by atoms with E-state index >= 15 is 0 Å². The number of nitrogens with zero attached hydrogens (tertiary/aromatic N) is 2. The zero-order valence-electron chi connectivity index (χ0n) is 14.4. The molecule has 2 aromatic carbocycles. The van der Waals surface area contributed by atoms with Crippen molar-refractivity contribution in [3.8, 4) is 5.75 Å². The van der Waals surface area contributed by atoms with Crippen LogP contribution in [0.15, 0.2) is 58.7 Å². The molecule has 5 nitrogen and oxygen atoms in total. The number of benzene rings is 2. The normalized spacial score (nSPS) is 18.9. The summed E-state index contributed by atoms with van der Waals surface area (Å²) in [6, 6.07) is 15.1. The predicted molar refractivity (Wildman–Crippen MR) is 107 cm³/mol. The molecular formula is C19H18ClN3O2S. The second-order valence-electron chi connectivity index (χ2n) is 5.75. The summed E-state index contributed by atoms with van der Waals surface area (Å²) in [5, 5.41) is 12.1. The Labute approximate surface area is 161 Å². The zero-order chi connectivity index (χ0) is 18.5. The van der Waals surface area contributed by atoms with Gasteiger partial charge in [0.25, 0.3) is 0 Å². The van der Waals surface area contributed by atoms with E-state index in [2.05, 4.69) is 15.5 Å². The number of thioether (sulfide) groups is 1. The average molecular weight is 388 g/mol. The number of methoxy groups -OCH3 is 1. The van der Waals surface area contributed by atoms with Crippen molar-refractivity contribution in [3.63, 3.8) is 0 Å². The SMILES string of the molecule is COc1ccc(C[C@H]2S/C(=N/N=C(\C)c3ccc(Cl)cc3)NC2=O)cc1. The monoisotopic (exact) mass is 387 g/mol. The highest BCUT2D eigenvalue weighted by atomic mass is 35.5. The van der Waals surface area contributed by atoms with Gasteiger partial charge >= 0.3 is 0 Å². The predicted octanol–water partition coefficient (Wildman–Crippen LogP) is 3.90. The smallest absolute Gasteiger partial charge is 0.239 e. The van der Waals surface area contributed by atoms with Gasteiger partial charge in [-0.05, 0) is 48.7 Å². The molecule has 1 fully saturated rings. The Morgan fingerprint density at radius 3 is 2.54 bits per heavy atom. The molecule has 134 valence electrons. The molecule has 1 atom stereocenters. The molecule has 26 heavy (non-hydrogen) atoms. The molecule has 0 bridgehead atoms. The lowest BCUT2D eigenvalue weighted by atomic mass is 10.1. The lowest BCUT2D eigenvalue weighted by Gasteiger charge is -2.06. The molecule has 3 rings (SSSR count). The molecule has 1 aliphatic heterocycles. The van der Waals surface area contributed by atoms with E-state index in [0.717, 1.165) is 22.6 Å². The Morgan fingerprint density at radius 1 is 1.19 bits per heavy atom. The fraction of sp³-hybridized carbons (Fsp3) is 0.211. The molecule has 0 radical (unpaired) electrons. The lowest BCUT2D eigenvalue weighted by Crippen LogP contribution is -2.25. The fourth-order valence-electron chi connectivity index (χ4n) is 2.43. The van der Waals surface area contributed by atoms with Crippen molar-refractivity contribution in [2.45, 2.75) is 18.6 Å². The van der Waals surface area contributed by atoms with Crippen LogP contribution in [0, 0.1) is 0 Å². The van der Waals surface area contributed by atoms with Crippen LogP contribution in [0.25, 0.3) is 0 Å². The minimum absolute atomic E-state index is 0.0519. The minimum Gasteiger partial charge on any atom is -0.497 e. The third-order valence-electron chi connectivity index (χ3n) is 3.91. The Morgan fingerprint density at radius 2 is 1.88 bits per heavy atom. The number of carbonyl (C=O) groups excluding carboxylic acids is 1. The van der Waals surface area contributed by atoms with E-state index in [-0.39, 0.29) is 11.2 Å². The number of amidine groups is 1. The molecule has 7 heteroatoms. The van der Waals surface area contributed by atoms with Crippen LogP contribution in [0.1, 0.15) is 18.1 Å². The number of halogens is 1. The molecule has 0 saturated carbocycles. The lowest BCUT2D eigenvalue weighted by molar-refractivity contribution is -0.118. The highest BCUT2D eigenvalue weighted by molar-refractivity contribution is 8.15. The van der Waals surface area contributed by atoms with Crippen LogP contribution < -0.4 is 10.1 Å². The average Bonchev–Trinajstić information content (AvgIpc) is 3.00. The van der Waals surface area contributed by atoms with Gasteiger partial charge in [0.1, 0.15) is 5.75 Å². The third-order valence-corrected chi connectivity index (χ3v) is 5.23. The van der Waals surface area contributed by atoms with Crippen LogP contribution in [-0.4, -0.2) is 29.1 Å². The second kappa shape index (κ2) is 8.38. The van der Waals surface area contributed by atoms with E-state index in [1.165, 1.54) is 11.8 Å². The van der Waals surface area contributed by atoms with Gasteiger partial charge < -0.3 is 10.1 Å². The van der Waals surface area contributed by atoms with Crippen LogP contribution in [0.2, 0.25) is 5.02 Å². The Bertz CT molecular complexity index is 848. The van der Waals surface area contributed by atoms with Gasteiger partial charge in [0.05, 0.1) is 18.1 Å². The molecule has 0 aliphatic carbocycles. The maximum Gasteiger partial charge on any atom is 0.239 e. The van der Waals surface area contributed by atoms with Crippen molar-refractivity contribution >= 4 is 40.1 Å². The largest absolute Gasteiger partial charge is 0.497 e. The van der Waals surface area contributed by atoms with Gasteiger partial charge in [0.2, 0.25) is 5.91 Å². The summed E-state index contributed by atoms with van der Waals surface area (Å²) in [5.41, 5.74) is 2.76. The summed E-state index contributed by atoms with van der Waals surface area (Å²) in [6.45, 7) is 1.86. The van der Waals surface area contributed by atoms with Gasteiger partial charge in [-0.2, -0.15) is 5.10 Å². The van der Waals surface area contributed by atoms with Gasteiger partial charge in [-0.25, -0.2) is 0 Å². The number of nitrogens with one attached hydrogen (secondary N) is 1. The molecule has 1 heterocycles. The van der Waals surface area contributed by atoms with E-state index < -0.39 is 0 Å². The second-order valence-corrected chi connectivity index (χ2v) is 7.37. The van der Waals surface area contributed by atoms with Crippen LogP contribution >= 0.6 is 23.4 Å². The van der Waals surface area contributed by atoms with Gasteiger partial charge in [-0.1, -0.05) is 47.6 Å². The molecule has 1 aliphatic rings. The maximum absolute atomic E-state index is 12.2. The molecule has 0 spiro atoms. The summed E-state index contributed by atoms with van der Waals surface area (Å²) in [5.74, 6) is 0.746. The first kappa shape index (κ1) is 18.5. The van der Waals surface area contributed by atoms with Gasteiger partial charge in [-0.3, -0.25) is 4.79 Å². The van der Waals surface area contributed by atoms with E-state index in [0.29, 0.717) is 16.6 Å². The number of hydrogen-bond acceptors (Lipinski definition) is 5. The van der Waals surface area contributed by atoms with E-state index in [1.807, 2.05) is 43.3 Å². The van der Waals surface area contributed by atoms with Gasteiger partial charge in [0, 0.05) is 5.02 Å². The summed E-state index contributed by atoms with van der Waals surface area (Å²) >= 11 is 7.28. The van der Waals surface area contributed by atoms with Crippen LogP contribution in [0.3, 0.4) is 0 Å². The third kappa shape index (κ3) is 4.65.